The SMILES string of the molecule is CNSc1ccc(N)c(-c2cn(C)cn2)c1.c1ccc2c(c1)CCCC2. The number of hydrogen-bond donors (Lipinski definition) is 2. The first-order valence-electron chi connectivity index (χ1n) is 8.95. The smallest absolute Gasteiger partial charge is 0.0951 e. The number of anilines is 1. The average molecular weight is 367 g/mol. The Bertz CT molecular complexity index is 832. The molecule has 1 heterocycles. The quantitative estimate of drug-likeness (QED) is 0.531. The number of rotatable bonds is 3. The van der Waals surface area contributed by atoms with E-state index in [-0.39, 0.29) is 0 Å². The van der Waals surface area contributed by atoms with Gasteiger partial charge in [0.2, 0.25) is 0 Å². The fraction of sp³-hybridized carbons (Fsp3) is 0.286. The topological polar surface area (TPSA) is 55.9 Å². The molecular weight excluding hydrogens is 340 g/mol. The number of imidazole rings is 1. The predicted molar refractivity (Wildman–Crippen MR) is 111 cm³/mol. The average Bonchev–Trinajstić information content (AvgIpc) is 3.10. The third-order valence-electron chi connectivity index (χ3n) is 4.49. The molecule has 0 fully saturated rings. The van der Waals surface area contributed by atoms with Crippen LogP contribution in [0.1, 0.15) is 24.0 Å². The Labute approximate surface area is 160 Å². The van der Waals surface area contributed by atoms with Crippen molar-refractivity contribution < 1.29 is 0 Å². The molecule has 136 valence electrons. The standard InChI is InChI=1S/C11H14N4S.C10H12/c1-13-16-8-3-4-10(12)9(5-8)11-6-15(2)7-14-11;1-2-6-10-8-4-3-7-9(10)5-1/h3-7,13H,12H2,1-2H3;1-2,5-6H,3-4,7-8H2. The molecule has 0 saturated heterocycles. The van der Waals surface area contributed by atoms with Crippen LogP contribution in [0.4, 0.5) is 5.69 Å². The zero-order chi connectivity index (χ0) is 18.4. The number of aromatic nitrogens is 2. The summed E-state index contributed by atoms with van der Waals surface area (Å²) in [5.74, 6) is 0. The summed E-state index contributed by atoms with van der Waals surface area (Å²) < 4.78 is 4.95. The number of fused-ring (bicyclic) bond motifs is 1. The zero-order valence-corrected chi connectivity index (χ0v) is 16.2. The van der Waals surface area contributed by atoms with Gasteiger partial charge in [0.05, 0.1) is 12.0 Å². The molecule has 5 heteroatoms. The first-order valence-corrected chi connectivity index (χ1v) is 9.77. The van der Waals surface area contributed by atoms with Crippen LogP contribution in [0.2, 0.25) is 0 Å². The maximum Gasteiger partial charge on any atom is 0.0951 e. The van der Waals surface area contributed by atoms with Gasteiger partial charge in [-0.3, -0.25) is 4.72 Å². The van der Waals surface area contributed by atoms with Crippen molar-refractivity contribution in [3.63, 3.8) is 0 Å². The minimum absolute atomic E-state index is 0.749. The van der Waals surface area contributed by atoms with Crippen molar-refractivity contribution in [2.45, 2.75) is 30.6 Å². The molecule has 0 radical (unpaired) electrons. The number of hydrogen-bond acceptors (Lipinski definition) is 4. The largest absolute Gasteiger partial charge is 0.398 e. The first kappa shape index (κ1) is 18.5. The van der Waals surface area contributed by atoms with Crippen molar-refractivity contribution in [1.82, 2.24) is 14.3 Å². The highest BCUT2D eigenvalue weighted by atomic mass is 32.2. The van der Waals surface area contributed by atoms with E-state index in [4.69, 9.17) is 5.73 Å². The van der Waals surface area contributed by atoms with Crippen molar-refractivity contribution in [2.75, 3.05) is 12.8 Å². The molecule has 1 aromatic heterocycles. The van der Waals surface area contributed by atoms with Gasteiger partial charge in [-0.05, 0) is 74.0 Å². The molecule has 26 heavy (non-hydrogen) atoms. The Kier molecular flexibility index (Phi) is 6.36. The van der Waals surface area contributed by atoms with Crippen LogP contribution < -0.4 is 10.5 Å². The van der Waals surface area contributed by atoms with Gasteiger partial charge >= 0.3 is 0 Å². The van der Waals surface area contributed by atoms with Crippen LogP contribution in [0.5, 0.6) is 0 Å². The summed E-state index contributed by atoms with van der Waals surface area (Å²) in [6, 6.07) is 14.7. The molecule has 2 aromatic carbocycles. The molecule has 4 rings (SSSR count). The molecule has 3 N–H and O–H groups in total. The molecule has 0 atom stereocenters. The minimum Gasteiger partial charge on any atom is -0.398 e. The maximum absolute atomic E-state index is 5.95. The molecule has 0 unspecified atom stereocenters. The summed E-state index contributed by atoms with van der Waals surface area (Å²) >= 11 is 1.56. The molecule has 1 aliphatic carbocycles. The molecule has 0 spiro atoms. The van der Waals surface area contributed by atoms with E-state index in [0.29, 0.717) is 0 Å². The Morgan fingerprint density at radius 3 is 2.35 bits per heavy atom. The van der Waals surface area contributed by atoms with Crippen LogP contribution in [0, 0.1) is 0 Å². The van der Waals surface area contributed by atoms with Crippen LogP contribution in [0.25, 0.3) is 11.3 Å². The van der Waals surface area contributed by atoms with Gasteiger partial charge in [0.1, 0.15) is 0 Å². The van der Waals surface area contributed by atoms with Gasteiger partial charge < -0.3 is 10.3 Å². The van der Waals surface area contributed by atoms with Gasteiger partial charge in [-0.1, -0.05) is 24.3 Å². The predicted octanol–water partition coefficient (Wildman–Crippen LogP) is 4.46. The number of benzene rings is 2. The third-order valence-corrected chi connectivity index (χ3v) is 5.18. The fourth-order valence-corrected chi connectivity index (χ4v) is 3.72. The summed E-state index contributed by atoms with van der Waals surface area (Å²) in [6.07, 6.45) is 9.10. The molecule has 4 nitrogen and oxygen atoms in total. The van der Waals surface area contributed by atoms with Gasteiger partial charge in [0.25, 0.3) is 0 Å². The van der Waals surface area contributed by atoms with Crippen LogP contribution >= 0.6 is 11.9 Å². The lowest BCUT2D eigenvalue weighted by molar-refractivity contribution is 0.685. The second-order valence-corrected chi connectivity index (χ2v) is 7.54. The first-order chi connectivity index (χ1) is 12.7. The summed E-state index contributed by atoms with van der Waals surface area (Å²) in [5.41, 5.74) is 11.7. The zero-order valence-electron chi connectivity index (χ0n) is 15.4. The van der Waals surface area contributed by atoms with E-state index in [1.54, 1.807) is 29.4 Å². The van der Waals surface area contributed by atoms with E-state index in [0.717, 1.165) is 21.8 Å². The Hall–Kier alpha value is -2.24. The van der Waals surface area contributed by atoms with Crippen LogP contribution in [0.3, 0.4) is 0 Å². The normalized spacial score (nSPS) is 12.8. The van der Waals surface area contributed by atoms with Gasteiger partial charge in [-0.25, -0.2) is 4.98 Å². The number of nitrogens with zero attached hydrogens (tertiary/aromatic N) is 2. The molecule has 1 aliphatic rings. The lowest BCUT2D eigenvalue weighted by Gasteiger charge is -2.13. The van der Waals surface area contributed by atoms with E-state index in [9.17, 15) is 0 Å². The highest BCUT2D eigenvalue weighted by molar-refractivity contribution is 7.97. The van der Waals surface area contributed by atoms with Gasteiger partial charge in [-0.15, -0.1) is 0 Å². The molecular formula is C21H26N4S. The number of aryl methyl sites for hydroxylation is 3. The summed E-state index contributed by atoms with van der Waals surface area (Å²) in [4.78, 5) is 5.42. The number of nitrogen functional groups attached to an aromatic ring is 1. The highest BCUT2D eigenvalue weighted by Gasteiger charge is 2.07. The molecule has 0 amide bonds. The molecule has 0 aliphatic heterocycles. The minimum atomic E-state index is 0.749. The van der Waals surface area contributed by atoms with Crippen LogP contribution in [-0.4, -0.2) is 16.6 Å². The third kappa shape index (κ3) is 4.68. The maximum atomic E-state index is 5.95. The van der Waals surface area contributed by atoms with Crippen LogP contribution in [-0.2, 0) is 19.9 Å². The second kappa shape index (κ2) is 8.92. The Balaban J connectivity index is 0.000000167. The van der Waals surface area contributed by atoms with Crippen LogP contribution in [0.15, 0.2) is 59.9 Å². The van der Waals surface area contributed by atoms with E-state index in [1.807, 2.05) is 43.1 Å². The Morgan fingerprint density at radius 2 is 1.77 bits per heavy atom. The molecule has 3 aromatic rings. The van der Waals surface area contributed by atoms with Crippen molar-refractivity contribution in [1.29, 1.82) is 0 Å². The number of nitrogens with two attached hydrogens (primary N) is 1. The van der Waals surface area contributed by atoms with E-state index in [2.05, 4.69) is 34.0 Å². The summed E-state index contributed by atoms with van der Waals surface area (Å²) in [5, 5.41) is 0. The van der Waals surface area contributed by atoms with E-state index < -0.39 is 0 Å². The van der Waals surface area contributed by atoms with Crippen molar-refractivity contribution in [2.24, 2.45) is 7.05 Å². The summed E-state index contributed by atoms with van der Waals surface area (Å²) in [6.45, 7) is 0. The lowest BCUT2D eigenvalue weighted by atomic mass is 9.92. The lowest BCUT2D eigenvalue weighted by Crippen LogP contribution is -2.00. The van der Waals surface area contributed by atoms with Gasteiger partial charge in [0.15, 0.2) is 0 Å². The van der Waals surface area contributed by atoms with E-state index in [1.165, 1.54) is 25.7 Å². The van der Waals surface area contributed by atoms with Gasteiger partial charge in [-0.2, -0.15) is 0 Å². The monoisotopic (exact) mass is 366 g/mol. The fourth-order valence-electron chi connectivity index (χ4n) is 3.17. The molecule has 0 bridgehead atoms. The van der Waals surface area contributed by atoms with E-state index >= 15 is 0 Å². The highest BCUT2D eigenvalue weighted by Crippen LogP contribution is 2.28. The molecule has 0 saturated carbocycles. The van der Waals surface area contributed by atoms with Crippen molar-refractivity contribution in [3.8, 4) is 11.3 Å². The van der Waals surface area contributed by atoms with Crippen molar-refractivity contribution >= 4 is 17.6 Å². The Morgan fingerprint density at radius 1 is 1.08 bits per heavy atom. The summed E-state index contributed by atoms with van der Waals surface area (Å²) in [7, 11) is 3.83. The van der Waals surface area contributed by atoms with Crippen molar-refractivity contribution in [3.05, 3.63) is 66.1 Å². The second-order valence-electron chi connectivity index (χ2n) is 6.46. The number of nitrogens with one attached hydrogen (secondary N) is 1. The van der Waals surface area contributed by atoms with Gasteiger partial charge in [0, 0.05) is 29.4 Å².